The van der Waals surface area contributed by atoms with Gasteiger partial charge in [-0.15, -0.1) is 0 Å². The standard InChI is InChI=1S/C18H24ClN3O/c1-3-5-11-22(10-4-2)14-16(12-20)18(23)21-13-15-8-6-7-9-17(15)19/h6-9,14H,3-5,10-11,13H2,1-2H3,(H,21,23)/b16-14-. The summed E-state index contributed by atoms with van der Waals surface area (Å²) < 4.78 is 0. The van der Waals surface area contributed by atoms with Gasteiger partial charge in [-0.1, -0.05) is 50.1 Å². The summed E-state index contributed by atoms with van der Waals surface area (Å²) in [6.45, 7) is 6.20. The van der Waals surface area contributed by atoms with Crippen molar-refractivity contribution in [2.75, 3.05) is 13.1 Å². The number of rotatable bonds is 9. The normalized spacial score (nSPS) is 11.0. The van der Waals surface area contributed by atoms with Gasteiger partial charge in [-0.05, 0) is 24.5 Å². The fourth-order valence-corrected chi connectivity index (χ4v) is 2.33. The molecular weight excluding hydrogens is 310 g/mol. The summed E-state index contributed by atoms with van der Waals surface area (Å²) >= 11 is 6.06. The van der Waals surface area contributed by atoms with Gasteiger partial charge in [-0.2, -0.15) is 5.26 Å². The Balaban J connectivity index is 2.71. The summed E-state index contributed by atoms with van der Waals surface area (Å²) in [4.78, 5) is 14.2. The van der Waals surface area contributed by atoms with Gasteiger partial charge in [0.25, 0.3) is 5.91 Å². The minimum Gasteiger partial charge on any atom is -0.376 e. The quantitative estimate of drug-likeness (QED) is 0.551. The molecule has 1 rings (SSSR count). The molecule has 0 atom stereocenters. The molecule has 0 heterocycles. The van der Waals surface area contributed by atoms with E-state index in [0.29, 0.717) is 11.6 Å². The first-order valence-corrected chi connectivity index (χ1v) is 8.37. The number of benzene rings is 1. The Morgan fingerprint density at radius 1 is 1.30 bits per heavy atom. The second kappa shape index (κ2) is 10.7. The lowest BCUT2D eigenvalue weighted by atomic mass is 10.2. The summed E-state index contributed by atoms with van der Waals surface area (Å²) in [5.74, 6) is -0.370. The van der Waals surface area contributed by atoms with E-state index < -0.39 is 0 Å². The highest BCUT2D eigenvalue weighted by Crippen LogP contribution is 2.14. The van der Waals surface area contributed by atoms with Crippen molar-refractivity contribution in [2.24, 2.45) is 0 Å². The summed E-state index contributed by atoms with van der Waals surface area (Å²) in [5.41, 5.74) is 0.956. The van der Waals surface area contributed by atoms with Crippen molar-refractivity contribution in [2.45, 2.75) is 39.7 Å². The Bertz CT molecular complexity index is 578. The second-order valence-corrected chi connectivity index (χ2v) is 5.73. The van der Waals surface area contributed by atoms with Crippen LogP contribution in [-0.4, -0.2) is 23.9 Å². The molecule has 0 saturated heterocycles. The van der Waals surface area contributed by atoms with E-state index in [1.807, 2.05) is 29.2 Å². The van der Waals surface area contributed by atoms with Gasteiger partial charge in [-0.25, -0.2) is 0 Å². The van der Waals surface area contributed by atoms with Crippen LogP contribution < -0.4 is 5.32 Å². The number of halogens is 1. The molecule has 0 fully saturated rings. The average Bonchev–Trinajstić information content (AvgIpc) is 2.56. The molecule has 0 aromatic heterocycles. The molecule has 0 bridgehead atoms. The van der Waals surface area contributed by atoms with E-state index in [4.69, 9.17) is 11.6 Å². The number of nitriles is 1. The maximum Gasteiger partial charge on any atom is 0.263 e. The van der Waals surface area contributed by atoms with Crippen molar-refractivity contribution in [3.05, 3.63) is 46.6 Å². The number of unbranched alkanes of at least 4 members (excludes halogenated alkanes) is 1. The molecule has 0 saturated carbocycles. The van der Waals surface area contributed by atoms with Crippen LogP contribution in [0.15, 0.2) is 36.0 Å². The summed E-state index contributed by atoms with van der Waals surface area (Å²) in [6, 6.07) is 9.32. The Labute approximate surface area is 143 Å². The number of amides is 1. The first kappa shape index (κ1) is 19.1. The summed E-state index contributed by atoms with van der Waals surface area (Å²) in [5, 5.41) is 12.6. The fraction of sp³-hybridized carbons (Fsp3) is 0.444. The molecule has 0 spiro atoms. The number of hydrogen-bond donors (Lipinski definition) is 1. The van der Waals surface area contributed by atoms with Crippen LogP contribution in [0.5, 0.6) is 0 Å². The van der Waals surface area contributed by atoms with Gasteiger partial charge in [-0.3, -0.25) is 4.79 Å². The van der Waals surface area contributed by atoms with Crippen molar-refractivity contribution in [3.63, 3.8) is 0 Å². The van der Waals surface area contributed by atoms with Gasteiger partial charge in [0, 0.05) is 30.9 Å². The monoisotopic (exact) mass is 333 g/mol. The molecule has 5 heteroatoms. The van der Waals surface area contributed by atoms with Crippen LogP contribution in [-0.2, 0) is 11.3 Å². The number of carbonyl (C=O) groups excluding carboxylic acids is 1. The topological polar surface area (TPSA) is 56.1 Å². The van der Waals surface area contributed by atoms with Crippen LogP contribution in [0.4, 0.5) is 0 Å². The molecule has 1 N–H and O–H groups in total. The molecule has 4 nitrogen and oxygen atoms in total. The highest BCUT2D eigenvalue weighted by molar-refractivity contribution is 6.31. The predicted molar refractivity (Wildman–Crippen MR) is 93.8 cm³/mol. The smallest absolute Gasteiger partial charge is 0.263 e. The van der Waals surface area contributed by atoms with E-state index in [9.17, 15) is 10.1 Å². The molecule has 0 aliphatic carbocycles. The Morgan fingerprint density at radius 2 is 2.04 bits per heavy atom. The van der Waals surface area contributed by atoms with Gasteiger partial charge in [0.15, 0.2) is 0 Å². The number of nitrogens with one attached hydrogen (secondary N) is 1. The zero-order valence-electron chi connectivity index (χ0n) is 13.8. The van der Waals surface area contributed by atoms with E-state index in [0.717, 1.165) is 37.9 Å². The molecule has 0 radical (unpaired) electrons. The van der Waals surface area contributed by atoms with E-state index in [1.165, 1.54) is 0 Å². The summed E-state index contributed by atoms with van der Waals surface area (Å²) in [7, 11) is 0. The van der Waals surface area contributed by atoms with Crippen LogP contribution in [0.1, 0.15) is 38.7 Å². The van der Waals surface area contributed by atoms with E-state index in [-0.39, 0.29) is 11.5 Å². The third-order valence-electron chi connectivity index (χ3n) is 3.38. The zero-order valence-corrected chi connectivity index (χ0v) is 14.6. The van der Waals surface area contributed by atoms with Crippen LogP contribution in [0, 0.1) is 11.3 Å². The van der Waals surface area contributed by atoms with Gasteiger partial charge in [0.2, 0.25) is 0 Å². The second-order valence-electron chi connectivity index (χ2n) is 5.32. The fourth-order valence-electron chi connectivity index (χ4n) is 2.12. The van der Waals surface area contributed by atoms with E-state index in [1.54, 1.807) is 12.3 Å². The molecule has 0 aliphatic rings. The number of nitrogens with zero attached hydrogens (tertiary/aromatic N) is 2. The molecule has 1 aromatic rings. The molecule has 1 amide bonds. The van der Waals surface area contributed by atoms with E-state index >= 15 is 0 Å². The molecule has 1 aromatic carbocycles. The molecule has 0 aliphatic heterocycles. The van der Waals surface area contributed by atoms with Crippen molar-refractivity contribution in [1.82, 2.24) is 10.2 Å². The third kappa shape index (κ3) is 6.75. The lowest BCUT2D eigenvalue weighted by Crippen LogP contribution is -2.27. The minimum absolute atomic E-state index is 0.126. The average molecular weight is 334 g/mol. The highest BCUT2D eigenvalue weighted by Gasteiger charge is 2.11. The van der Waals surface area contributed by atoms with Gasteiger partial charge >= 0.3 is 0 Å². The maximum absolute atomic E-state index is 12.2. The molecule has 23 heavy (non-hydrogen) atoms. The largest absolute Gasteiger partial charge is 0.376 e. The first-order valence-electron chi connectivity index (χ1n) is 7.99. The molecule has 0 unspecified atom stereocenters. The first-order chi connectivity index (χ1) is 11.1. The lowest BCUT2D eigenvalue weighted by molar-refractivity contribution is -0.117. The Morgan fingerprint density at radius 3 is 2.65 bits per heavy atom. The predicted octanol–water partition coefficient (Wildman–Crippen LogP) is 3.88. The van der Waals surface area contributed by atoms with Crippen molar-refractivity contribution in [3.8, 4) is 6.07 Å². The van der Waals surface area contributed by atoms with Gasteiger partial charge < -0.3 is 10.2 Å². The lowest BCUT2D eigenvalue weighted by Gasteiger charge is -2.19. The SMILES string of the molecule is CCCCN(/C=C(/C#N)C(=O)NCc1ccccc1Cl)CCC. The van der Waals surface area contributed by atoms with Gasteiger partial charge in [0.05, 0.1) is 0 Å². The molecule has 124 valence electrons. The Hall–Kier alpha value is -1.99. The van der Waals surface area contributed by atoms with Crippen molar-refractivity contribution >= 4 is 17.5 Å². The van der Waals surface area contributed by atoms with Crippen LogP contribution >= 0.6 is 11.6 Å². The van der Waals surface area contributed by atoms with Crippen molar-refractivity contribution < 1.29 is 4.79 Å². The van der Waals surface area contributed by atoms with Gasteiger partial charge in [0.1, 0.15) is 11.6 Å². The van der Waals surface area contributed by atoms with E-state index in [2.05, 4.69) is 19.2 Å². The Kier molecular flexibility index (Phi) is 8.86. The van der Waals surface area contributed by atoms with Crippen LogP contribution in [0.25, 0.3) is 0 Å². The number of carbonyl (C=O) groups is 1. The van der Waals surface area contributed by atoms with Crippen molar-refractivity contribution in [1.29, 1.82) is 5.26 Å². The zero-order chi connectivity index (χ0) is 17.1. The highest BCUT2D eigenvalue weighted by atomic mass is 35.5. The third-order valence-corrected chi connectivity index (χ3v) is 3.75. The van der Waals surface area contributed by atoms with Crippen LogP contribution in [0.3, 0.4) is 0 Å². The summed E-state index contributed by atoms with van der Waals surface area (Å²) in [6.07, 6.45) is 4.76. The molecular formula is C18H24ClN3O. The van der Waals surface area contributed by atoms with Crippen LogP contribution in [0.2, 0.25) is 5.02 Å². The minimum atomic E-state index is -0.370. The maximum atomic E-state index is 12.2. The number of hydrogen-bond acceptors (Lipinski definition) is 3.